The van der Waals surface area contributed by atoms with Gasteiger partial charge in [0.15, 0.2) is 5.78 Å². The average Bonchev–Trinajstić information content (AvgIpc) is 3.01. The van der Waals surface area contributed by atoms with E-state index in [1.165, 1.54) is 17.7 Å². The molecule has 2 N–H and O–H groups in total. The van der Waals surface area contributed by atoms with Gasteiger partial charge in [0.05, 0.1) is 6.54 Å². The second kappa shape index (κ2) is 8.91. The lowest BCUT2D eigenvalue weighted by atomic mass is 10.1. The molecule has 2 rings (SSSR count). The van der Waals surface area contributed by atoms with E-state index >= 15 is 0 Å². The summed E-state index contributed by atoms with van der Waals surface area (Å²) in [4.78, 5) is 14.6. The van der Waals surface area contributed by atoms with Crippen molar-refractivity contribution in [1.29, 1.82) is 0 Å². The van der Waals surface area contributed by atoms with Crippen molar-refractivity contribution < 1.29 is 4.79 Å². The highest BCUT2D eigenvalue weighted by Crippen LogP contribution is 2.23. The Morgan fingerprint density at radius 1 is 1.27 bits per heavy atom. The number of rotatable bonds is 10. The summed E-state index contributed by atoms with van der Waals surface area (Å²) in [5.74, 6) is 0.193. The lowest BCUT2D eigenvalue weighted by Crippen LogP contribution is -2.27. The minimum atomic E-state index is 0.193. The molecule has 1 aliphatic rings. The van der Waals surface area contributed by atoms with E-state index in [0.717, 1.165) is 51.1 Å². The first-order valence-electron chi connectivity index (χ1n) is 8.57. The van der Waals surface area contributed by atoms with Gasteiger partial charge in [-0.3, -0.25) is 4.79 Å². The number of hydrogen-bond acceptors (Lipinski definition) is 4. The van der Waals surface area contributed by atoms with Crippen molar-refractivity contribution in [1.82, 2.24) is 10.2 Å². The minimum absolute atomic E-state index is 0.193. The maximum Gasteiger partial charge on any atom is 0.176 e. The van der Waals surface area contributed by atoms with Crippen LogP contribution in [-0.2, 0) is 6.42 Å². The van der Waals surface area contributed by atoms with Gasteiger partial charge in [0, 0.05) is 17.8 Å². The zero-order chi connectivity index (χ0) is 15.8. The Balaban J connectivity index is 1.64. The number of benzene rings is 1. The van der Waals surface area contributed by atoms with Crippen LogP contribution < -0.4 is 10.6 Å². The highest BCUT2D eigenvalue weighted by molar-refractivity contribution is 5.98. The molecule has 0 unspecified atom stereocenters. The standard InChI is InChI=1S/C18H29N3O/c1-3-21(4-2)12-6-5-10-19-14-18(22)16-7-8-17-15(13-16)9-11-20-17/h7-8,13,19-20H,3-6,9-12,14H2,1-2H3. The summed E-state index contributed by atoms with van der Waals surface area (Å²) in [6, 6.07) is 6.00. The van der Waals surface area contributed by atoms with Gasteiger partial charge in [-0.25, -0.2) is 0 Å². The molecule has 22 heavy (non-hydrogen) atoms. The van der Waals surface area contributed by atoms with Crippen LogP contribution in [0.2, 0.25) is 0 Å². The smallest absolute Gasteiger partial charge is 0.176 e. The highest BCUT2D eigenvalue weighted by Gasteiger charge is 2.13. The van der Waals surface area contributed by atoms with Crippen molar-refractivity contribution in [3.63, 3.8) is 0 Å². The molecule has 4 heteroatoms. The van der Waals surface area contributed by atoms with Gasteiger partial charge < -0.3 is 15.5 Å². The van der Waals surface area contributed by atoms with Crippen LogP contribution in [0.15, 0.2) is 18.2 Å². The van der Waals surface area contributed by atoms with Gasteiger partial charge in [0.2, 0.25) is 0 Å². The van der Waals surface area contributed by atoms with Gasteiger partial charge in [-0.05, 0) is 69.2 Å². The number of unbranched alkanes of at least 4 members (excludes halogenated alkanes) is 1. The van der Waals surface area contributed by atoms with Crippen LogP contribution in [-0.4, -0.2) is 50.0 Å². The Bertz CT molecular complexity index is 483. The van der Waals surface area contributed by atoms with Gasteiger partial charge in [-0.2, -0.15) is 0 Å². The van der Waals surface area contributed by atoms with Gasteiger partial charge in [-0.15, -0.1) is 0 Å². The monoisotopic (exact) mass is 303 g/mol. The van der Waals surface area contributed by atoms with E-state index in [-0.39, 0.29) is 5.78 Å². The number of carbonyl (C=O) groups is 1. The zero-order valence-corrected chi connectivity index (χ0v) is 14.0. The van der Waals surface area contributed by atoms with Crippen molar-refractivity contribution in [3.05, 3.63) is 29.3 Å². The van der Waals surface area contributed by atoms with Gasteiger partial charge in [0.1, 0.15) is 0 Å². The average molecular weight is 303 g/mol. The molecular formula is C18H29N3O. The Morgan fingerprint density at radius 2 is 2.09 bits per heavy atom. The first-order chi connectivity index (χ1) is 10.7. The molecule has 4 nitrogen and oxygen atoms in total. The second-order valence-electron chi connectivity index (χ2n) is 5.88. The maximum atomic E-state index is 12.2. The number of ketones is 1. The lowest BCUT2D eigenvalue weighted by molar-refractivity contribution is 0.0991. The summed E-state index contributed by atoms with van der Waals surface area (Å²) in [6.07, 6.45) is 3.33. The highest BCUT2D eigenvalue weighted by atomic mass is 16.1. The SMILES string of the molecule is CCN(CC)CCCCNCC(=O)c1ccc2c(c1)CCN2. The molecular weight excluding hydrogens is 274 g/mol. The van der Waals surface area contributed by atoms with Gasteiger partial charge in [0.25, 0.3) is 0 Å². The number of nitrogens with zero attached hydrogens (tertiary/aromatic N) is 1. The Kier molecular flexibility index (Phi) is 6.87. The van der Waals surface area contributed by atoms with Crippen molar-refractivity contribution in [2.75, 3.05) is 44.6 Å². The number of carbonyl (C=O) groups excluding carboxylic acids is 1. The van der Waals surface area contributed by atoms with E-state index in [1.54, 1.807) is 0 Å². The van der Waals surface area contributed by atoms with Crippen LogP contribution >= 0.6 is 0 Å². The van der Waals surface area contributed by atoms with Crippen molar-refractivity contribution in [2.45, 2.75) is 33.1 Å². The van der Waals surface area contributed by atoms with Crippen LogP contribution in [0.5, 0.6) is 0 Å². The molecule has 0 atom stereocenters. The molecule has 0 amide bonds. The zero-order valence-electron chi connectivity index (χ0n) is 14.0. The molecule has 0 fully saturated rings. The molecule has 0 saturated carbocycles. The fourth-order valence-electron chi connectivity index (χ4n) is 2.91. The Morgan fingerprint density at radius 3 is 2.86 bits per heavy atom. The van der Waals surface area contributed by atoms with Crippen molar-refractivity contribution >= 4 is 11.5 Å². The largest absolute Gasteiger partial charge is 0.384 e. The first-order valence-corrected chi connectivity index (χ1v) is 8.57. The Labute approximate surface area is 134 Å². The summed E-state index contributed by atoms with van der Waals surface area (Å²) in [7, 11) is 0. The molecule has 0 bridgehead atoms. The fourth-order valence-corrected chi connectivity index (χ4v) is 2.91. The third-order valence-electron chi connectivity index (χ3n) is 4.39. The van der Waals surface area contributed by atoms with Crippen LogP contribution in [0.3, 0.4) is 0 Å². The molecule has 0 spiro atoms. The van der Waals surface area contributed by atoms with Crippen LogP contribution in [0.4, 0.5) is 5.69 Å². The number of fused-ring (bicyclic) bond motifs is 1. The molecule has 0 saturated heterocycles. The van der Waals surface area contributed by atoms with E-state index in [4.69, 9.17) is 0 Å². The third kappa shape index (κ3) is 4.82. The van der Waals surface area contributed by atoms with Gasteiger partial charge >= 0.3 is 0 Å². The molecule has 0 aromatic heterocycles. The molecule has 1 aromatic carbocycles. The molecule has 0 radical (unpaired) electrons. The van der Waals surface area contributed by atoms with E-state index in [2.05, 4.69) is 29.4 Å². The minimum Gasteiger partial charge on any atom is -0.384 e. The quantitative estimate of drug-likeness (QED) is 0.515. The number of nitrogens with one attached hydrogen (secondary N) is 2. The molecule has 1 aliphatic heterocycles. The predicted octanol–water partition coefficient (Wildman–Crippen LogP) is 2.55. The van der Waals surface area contributed by atoms with E-state index < -0.39 is 0 Å². The summed E-state index contributed by atoms with van der Waals surface area (Å²) < 4.78 is 0. The summed E-state index contributed by atoms with van der Waals surface area (Å²) in [6.45, 7) is 10.1. The topological polar surface area (TPSA) is 44.4 Å². The fraction of sp³-hybridized carbons (Fsp3) is 0.611. The summed E-state index contributed by atoms with van der Waals surface area (Å²) in [5.41, 5.74) is 3.28. The Hall–Kier alpha value is -1.39. The van der Waals surface area contributed by atoms with Crippen LogP contribution in [0.1, 0.15) is 42.6 Å². The first kappa shape index (κ1) is 17.0. The molecule has 1 heterocycles. The predicted molar refractivity (Wildman–Crippen MR) is 92.9 cm³/mol. The molecule has 122 valence electrons. The molecule has 1 aromatic rings. The van der Waals surface area contributed by atoms with E-state index in [0.29, 0.717) is 6.54 Å². The van der Waals surface area contributed by atoms with Crippen LogP contribution in [0.25, 0.3) is 0 Å². The lowest BCUT2D eigenvalue weighted by Gasteiger charge is -2.17. The van der Waals surface area contributed by atoms with Crippen LogP contribution in [0, 0.1) is 0 Å². The normalized spacial score (nSPS) is 13.2. The third-order valence-corrected chi connectivity index (χ3v) is 4.39. The number of anilines is 1. The number of hydrogen-bond donors (Lipinski definition) is 2. The number of Topliss-reactive ketones (excluding diaryl/α,β-unsaturated/α-hetero) is 1. The van der Waals surface area contributed by atoms with E-state index in [9.17, 15) is 4.79 Å². The second-order valence-corrected chi connectivity index (χ2v) is 5.88. The van der Waals surface area contributed by atoms with Crippen molar-refractivity contribution in [2.24, 2.45) is 0 Å². The molecule has 0 aliphatic carbocycles. The maximum absolute atomic E-state index is 12.2. The summed E-state index contributed by atoms with van der Waals surface area (Å²) >= 11 is 0. The van der Waals surface area contributed by atoms with E-state index in [1.807, 2.05) is 18.2 Å². The van der Waals surface area contributed by atoms with Gasteiger partial charge in [-0.1, -0.05) is 13.8 Å². The van der Waals surface area contributed by atoms with Crippen molar-refractivity contribution in [3.8, 4) is 0 Å². The summed E-state index contributed by atoms with van der Waals surface area (Å²) in [5, 5.41) is 6.60.